The van der Waals surface area contributed by atoms with Crippen LogP contribution in [0, 0.1) is 0 Å². The Bertz CT molecular complexity index is 712. The third kappa shape index (κ3) is 3.62. The van der Waals surface area contributed by atoms with Gasteiger partial charge in [-0.2, -0.15) is 0 Å². The Morgan fingerprint density at radius 3 is 2.78 bits per heavy atom. The van der Waals surface area contributed by atoms with E-state index in [4.69, 9.17) is 4.74 Å². The molecule has 0 spiro atoms. The molecule has 1 amide bonds. The van der Waals surface area contributed by atoms with Gasteiger partial charge in [-0.1, -0.05) is 12.5 Å². The lowest BCUT2D eigenvalue weighted by Crippen LogP contribution is -2.11. The van der Waals surface area contributed by atoms with Crippen LogP contribution in [0.4, 0.5) is 5.69 Å². The van der Waals surface area contributed by atoms with Crippen LogP contribution in [0.25, 0.3) is 0 Å². The molecule has 0 unspecified atom stereocenters. The quantitative estimate of drug-likeness (QED) is 0.682. The number of nitrogens with one attached hydrogen (secondary N) is 1. The molecule has 0 saturated heterocycles. The van der Waals surface area contributed by atoms with Crippen molar-refractivity contribution < 1.29 is 14.3 Å². The maximum atomic E-state index is 12.5. The smallest absolute Gasteiger partial charge is 0.337 e. The molecule has 2 aromatic rings. The second-order valence-corrected chi connectivity index (χ2v) is 6.78. The Morgan fingerprint density at radius 2 is 1.96 bits per heavy atom. The highest BCUT2D eigenvalue weighted by atomic mass is 32.1. The molecule has 1 N–H and O–H groups in total. The number of methoxy groups -OCH3 is 1. The molecule has 0 saturated carbocycles. The molecule has 0 fully saturated rings. The summed E-state index contributed by atoms with van der Waals surface area (Å²) in [6.07, 6.45) is 5.81. The fourth-order valence-corrected chi connectivity index (χ4v) is 3.96. The zero-order valence-corrected chi connectivity index (χ0v) is 13.9. The minimum Gasteiger partial charge on any atom is -0.465 e. The van der Waals surface area contributed by atoms with Crippen LogP contribution in [0.2, 0.25) is 0 Å². The number of hydrogen-bond acceptors (Lipinski definition) is 4. The number of carbonyl (C=O) groups is 2. The zero-order chi connectivity index (χ0) is 16.2. The molecular formula is C18H19NO3S. The van der Waals surface area contributed by atoms with Crippen LogP contribution in [-0.2, 0) is 17.6 Å². The molecule has 0 atom stereocenters. The SMILES string of the molecule is COC(=O)c1cccc(NC(=O)c2cc3c(s2)CCCCC3)c1. The summed E-state index contributed by atoms with van der Waals surface area (Å²) in [5.74, 6) is -0.533. The van der Waals surface area contributed by atoms with Crippen LogP contribution in [0.3, 0.4) is 0 Å². The largest absolute Gasteiger partial charge is 0.465 e. The number of fused-ring (bicyclic) bond motifs is 1. The first-order chi connectivity index (χ1) is 11.2. The summed E-state index contributed by atoms with van der Waals surface area (Å²) in [4.78, 5) is 26.1. The van der Waals surface area contributed by atoms with Gasteiger partial charge < -0.3 is 10.1 Å². The maximum absolute atomic E-state index is 12.5. The molecule has 5 heteroatoms. The number of benzene rings is 1. The normalized spacial score (nSPS) is 13.8. The van der Waals surface area contributed by atoms with Gasteiger partial charge in [-0.25, -0.2) is 4.79 Å². The van der Waals surface area contributed by atoms with Crippen molar-refractivity contribution in [1.29, 1.82) is 0 Å². The topological polar surface area (TPSA) is 55.4 Å². The summed E-state index contributed by atoms with van der Waals surface area (Å²) in [5, 5.41) is 2.87. The number of amides is 1. The Labute approximate surface area is 139 Å². The average molecular weight is 329 g/mol. The van der Waals surface area contributed by atoms with Gasteiger partial charge in [0.2, 0.25) is 0 Å². The fraction of sp³-hybridized carbons (Fsp3) is 0.333. The number of rotatable bonds is 3. The predicted octanol–water partition coefficient (Wildman–Crippen LogP) is 4.06. The number of ether oxygens (including phenoxy) is 1. The second-order valence-electron chi connectivity index (χ2n) is 5.65. The molecule has 1 aromatic carbocycles. The molecule has 23 heavy (non-hydrogen) atoms. The highest BCUT2D eigenvalue weighted by Gasteiger charge is 2.17. The van der Waals surface area contributed by atoms with Crippen molar-refractivity contribution in [3.8, 4) is 0 Å². The predicted molar refractivity (Wildman–Crippen MR) is 91.3 cm³/mol. The molecule has 1 aliphatic rings. The zero-order valence-electron chi connectivity index (χ0n) is 13.1. The van der Waals surface area contributed by atoms with Crippen molar-refractivity contribution >= 4 is 28.9 Å². The Balaban J connectivity index is 1.76. The summed E-state index contributed by atoms with van der Waals surface area (Å²) in [6, 6.07) is 8.80. The molecule has 0 aliphatic heterocycles. The van der Waals surface area contributed by atoms with Crippen molar-refractivity contribution in [3.05, 3.63) is 51.2 Å². The lowest BCUT2D eigenvalue weighted by molar-refractivity contribution is 0.0600. The van der Waals surface area contributed by atoms with Crippen LogP contribution < -0.4 is 5.32 Å². The third-order valence-corrected chi connectivity index (χ3v) is 5.25. The first-order valence-corrected chi connectivity index (χ1v) is 8.60. The standard InChI is InChI=1S/C18H19NO3S/c1-22-18(21)13-7-5-8-14(10-13)19-17(20)16-11-12-6-3-2-4-9-15(12)23-16/h5,7-8,10-11H,2-4,6,9H2,1H3,(H,19,20). The Kier molecular flexibility index (Phi) is 4.76. The van der Waals surface area contributed by atoms with Crippen LogP contribution >= 0.6 is 11.3 Å². The van der Waals surface area contributed by atoms with Crippen molar-refractivity contribution in [1.82, 2.24) is 0 Å². The minimum atomic E-state index is -0.413. The van der Waals surface area contributed by atoms with E-state index < -0.39 is 5.97 Å². The molecule has 120 valence electrons. The second kappa shape index (κ2) is 6.96. The van der Waals surface area contributed by atoms with Crippen LogP contribution in [0.1, 0.15) is 49.7 Å². The summed E-state index contributed by atoms with van der Waals surface area (Å²) in [7, 11) is 1.34. The van der Waals surface area contributed by atoms with Gasteiger partial charge in [-0.3, -0.25) is 4.79 Å². The van der Waals surface area contributed by atoms with Gasteiger partial charge in [-0.05, 0) is 55.5 Å². The molecule has 1 heterocycles. The number of anilines is 1. The number of thiophene rings is 1. The van der Waals surface area contributed by atoms with Gasteiger partial charge in [0, 0.05) is 10.6 Å². The first-order valence-electron chi connectivity index (χ1n) is 7.78. The minimum absolute atomic E-state index is 0.120. The molecule has 0 bridgehead atoms. The highest BCUT2D eigenvalue weighted by molar-refractivity contribution is 7.14. The average Bonchev–Trinajstić information content (AvgIpc) is 2.85. The Hall–Kier alpha value is -2.14. The number of aryl methyl sites for hydroxylation is 2. The van der Waals surface area contributed by atoms with E-state index in [2.05, 4.69) is 5.32 Å². The third-order valence-electron chi connectivity index (χ3n) is 4.01. The lowest BCUT2D eigenvalue weighted by atomic mass is 10.1. The maximum Gasteiger partial charge on any atom is 0.337 e. The van der Waals surface area contributed by atoms with Crippen molar-refractivity contribution in [2.24, 2.45) is 0 Å². The van der Waals surface area contributed by atoms with Gasteiger partial charge in [0.05, 0.1) is 17.6 Å². The van der Waals surface area contributed by atoms with Gasteiger partial charge in [0.25, 0.3) is 5.91 Å². The molecule has 1 aliphatic carbocycles. The summed E-state index contributed by atoms with van der Waals surface area (Å²) >= 11 is 1.59. The number of hydrogen-bond donors (Lipinski definition) is 1. The van der Waals surface area contributed by atoms with Crippen LogP contribution in [0.5, 0.6) is 0 Å². The molecular weight excluding hydrogens is 310 g/mol. The summed E-state index contributed by atoms with van der Waals surface area (Å²) in [6.45, 7) is 0. The fourth-order valence-electron chi connectivity index (χ4n) is 2.81. The lowest BCUT2D eigenvalue weighted by Gasteiger charge is -2.05. The summed E-state index contributed by atoms with van der Waals surface area (Å²) in [5.41, 5.74) is 2.34. The molecule has 4 nitrogen and oxygen atoms in total. The van der Waals surface area contributed by atoms with Crippen molar-refractivity contribution in [2.45, 2.75) is 32.1 Å². The number of carbonyl (C=O) groups excluding carboxylic acids is 2. The van der Waals surface area contributed by atoms with E-state index in [1.807, 2.05) is 6.07 Å². The van der Waals surface area contributed by atoms with E-state index in [-0.39, 0.29) is 5.91 Å². The van der Waals surface area contributed by atoms with Crippen LogP contribution in [0.15, 0.2) is 30.3 Å². The Morgan fingerprint density at radius 1 is 1.13 bits per heavy atom. The first kappa shape index (κ1) is 15.7. The molecule has 0 radical (unpaired) electrons. The highest BCUT2D eigenvalue weighted by Crippen LogP contribution is 2.29. The van der Waals surface area contributed by atoms with Gasteiger partial charge >= 0.3 is 5.97 Å². The summed E-state index contributed by atoms with van der Waals surface area (Å²) < 4.78 is 4.70. The van der Waals surface area contributed by atoms with E-state index in [0.29, 0.717) is 11.3 Å². The van der Waals surface area contributed by atoms with E-state index >= 15 is 0 Å². The van der Waals surface area contributed by atoms with E-state index in [9.17, 15) is 9.59 Å². The van der Waals surface area contributed by atoms with E-state index in [1.165, 1.54) is 36.8 Å². The van der Waals surface area contributed by atoms with E-state index in [1.54, 1.807) is 35.6 Å². The van der Waals surface area contributed by atoms with Crippen molar-refractivity contribution in [3.63, 3.8) is 0 Å². The van der Waals surface area contributed by atoms with Gasteiger partial charge in [0.15, 0.2) is 0 Å². The number of esters is 1. The van der Waals surface area contributed by atoms with Crippen LogP contribution in [-0.4, -0.2) is 19.0 Å². The monoisotopic (exact) mass is 329 g/mol. The van der Waals surface area contributed by atoms with Crippen molar-refractivity contribution in [2.75, 3.05) is 12.4 Å². The van der Waals surface area contributed by atoms with Gasteiger partial charge in [-0.15, -0.1) is 11.3 Å². The van der Waals surface area contributed by atoms with Gasteiger partial charge in [0.1, 0.15) is 0 Å². The van der Waals surface area contributed by atoms with E-state index in [0.717, 1.165) is 17.7 Å². The molecule has 1 aromatic heterocycles. The molecule has 3 rings (SSSR count).